The van der Waals surface area contributed by atoms with Gasteiger partial charge in [-0.2, -0.15) is 13.2 Å². The number of anilines is 1. The summed E-state index contributed by atoms with van der Waals surface area (Å²) in [5.74, 6) is -2.45. The average Bonchev–Trinajstić information content (AvgIpc) is 3.08. The zero-order valence-corrected chi connectivity index (χ0v) is 14.5. The van der Waals surface area contributed by atoms with Crippen molar-refractivity contribution in [3.63, 3.8) is 0 Å². The number of alkyl halides is 3. The lowest BCUT2D eigenvalue weighted by Crippen LogP contribution is -2.39. The quantitative estimate of drug-likeness (QED) is 0.748. The first-order valence-electron chi connectivity index (χ1n) is 8.27. The molecule has 1 saturated heterocycles. The second-order valence-corrected chi connectivity index (χ2v) is 6.36. The smallest absolute Gasteiger partial charge is 0.401 e. The van der Waals surface area contributed by atoms with E-state index in [1.165, 1.54) is 15.7 Å². The number of hydrogen-bond donors (Lipinski definition) is 2. The van der Waals surface area contributed by atoms with Crippen LogP contribution in [0.4, 0.5) is 23.4 Å². The van der Waals surface area contributed by atoms with Crippen LogP contribution in [-0.4, -0.2) is 52.5 Å². The number of hydrogen-bond acceptors (Lipinski definition) is 5. The Balaban J connectivity index is 1.97. The maximum absolute atomic E-state index is 14.6. The average molecular weight is 400 g/mol. The highest BCUT2D eigenvalue weighted by Gasteiger charge is 2.32. The van der Waals surface area contributed by atoms with Gasteiger partial charge in [-0.1, -0.05) is 6.58 Å². The monoisotopic (exact) mass is 400 g/mol. The van der Waals surface area contributed by atoms with E-state index in [0.29, 0.717) is 6.42 Å². The molecule has 3 heterocycles. The lowest BCUT2D eigenvalue weighted by atomic mass is 10.2. The van der Waals surface area contributed by atoms with Crippen molar-refractivity contribution in [3.05, 3.63) is 40.4 Å². The van der Waals surface area contributed by atoms with Crippen LogP contribution in [0.2, 0.25) is 0 Å². The SMILES string of the molecule is C=Cn1cc(C(=O)O)c(=O)c2cc(F)c(N3CCC(NCC(F)(F)F)C3)nc21. The third kappa shape index (κ3) is 3.84. The van der Waals surface area contributed by atoms with Crippen LogP contribution in [-0.2, 0) is 0 Å². The molecule has 11 heteroatoms. The molecule has 1 atom stereocenters. The molecule has 0 saturated carbocycles. The fourth-order valence-electron chi connectivity index (χ4n) is 3.13. The fraction of sp³-hybridized carbons (Fsp3) is 0.353. The number of nitrogens with one attached hydrogen (secondary N) is 1. The molecular weight excluding hydrogens is 384 g/mol. The highest BCUT2D eigenvalue weighted by atomic mass is 19.4. The van der Waals surface area contributed by atoms with E-state index in [9.17, 15) is 27.2 Å². The molecule has 0 spiro atoms. The molecule has 1 aliphatic rings. The Bertz CT molecular complexity index is 1000. The normalized spacial score (nSPS) is 17.3. The van der Waals surface area contributed by atoms with Crippen LogP contribution in [0.3, 0.4) is 0 Å². The lowest BCUT2D eigenvalue weighted by Gasteiger charge is -2.20. The summed E-state index contributed by atoms with van der Waals surface area (Å²) in [6, 6.07) is 0.401. The van der Waals surface area contributed by atoms with E-state index in [4.69, 9.17) is 5.11 Å². The van der Waals surface area contributed by atoms with E-state index in [1.807, 2.05) is 0 Å². The molecule has 1 unspecified atom stereocenters. The summed E-state index contributed by atoms with van der Waals surface area (Å²) in [6.07, 6.45) is -1.73. The summed E-state index contributed by atoms with van der Waals surface area (Å²) in [5, 5.41) is 11.3. The molecule has 2 N–H and O–H groups in total. The summed E-state index contributed by atoms with van der Waals surface area (Å²) in [4.78, 5) is 29.1. The third-order valence-electron chi connectivity index (χ3n) is 4.45. The van der Waals surface area contributed by atoms with Gasteiger partial charge in [0.1, 0.15) is 5.56 Å². The number of fused-ring (bicyclic) bond motifs is 1. The minimum atomic E-state index is -4.35. The highest BCUT2D eigenvalue weighted by Crippen LogP contribution is 2.25. The minimum absolute atomic E-state index is 0.00750. The highest BCUT2D eigenvalue weighted by molar-refractivity contribution is 5.92. The van der Waals surface area contributed by atoms with Gasteiger partial charge in [-0.25, -0.2) is 14.2 Å². The van der Waals surface area contributed by atoms with Crippen molar-refractivity contribution >= 4 is 29.0 Å². The maximum atomic E-state index is 14.6. The van der Waals surface area contributed by atoms with Crippen LogP contribution in [0.5, 0.6) is 0 Å². The van der Waals surface area contributed by atoms with Crippen molar-refractivity contribution in [2.45, 2.75) is 18.6 Å². The Morgan fingerprint density at radius 1 is 1.46 bits per heavy atom. The number of carbonyl (C=O) groups is 1. The number of nitrogens with zero attached hydrogens (tertiary/aromatic N) is 3. The first-order chi connectivity index (χ1) is 13.1. The summed E-state index contributed by atoms with van der Waals surface area (Å²) in [7, 11) is 0. The zero-order valence-electron chi connectivity index (χ0n) is 14.5. The van der Waals surface area contributed by atoms with Crippen LogP contribution in [0.1, 0.15) is 16.8 Å². The molecule has 28 heavy (non-hydrogen) atoms. The van der Waals surface area contributed by atoms with Gasteiger partial charge in [0.2, 0.25) is 5.43 Å². The molecule has 0 aromatic carbocycles. The van der Waals surface area contributed by atoms with Gasteiger partial charge < -0.3 is 19.9 Å². The van der Waals surface area contributed by atoms with E-state index < -0.39 is 41.5 Å². The van der Waals surface area contributed by atoms with Gasteiger partial charge in [0.25, 0.3) is 0 Å². The molecular formula is C17H16F4N4O3. The van der Waals surface area contributed by atoms with Gasteiger partial charge in [-0.3, -0.25) is 4.79 Å². The van der Waals surface area contributed by atoms with Crippen molar-refractivity contribution in [1.29, 1.82) is 0 Å². The van der Waals surface area contributed by atoms with E-state index in [1.54, 1.807) is 0 Å². The van der Waals surface area contributed by atoms with Crippen molar-refractivity contribution < 1.29 is 27.5 Å². The van der Waals surface area contributed by atoms with Crippen LogP contribution in [0, 0.1) is 5.82 Å². The number of rotatable bonds is 5. The molecule has 0 amide bonds. The number of halogens is 4. The van der Waals surface area contributed by atoms with Crippen molar-refractivity contribution in [2.24, 2.45) is 0 Å². The van der Waals surface area contributed by atoms with Crippen molar-refractivity contribution in [2.75, 3.05) is 24.5 Å². The van der Waals surface area contributed by atoms with Crippen molar-refractivity contribution in [1.82, 2.24) is 14.9 Å². The summed E-state index contributed by atoms with van der Waals surface area (Å²) in [5.41, 5.74) is -1.43. The number of pyridine rings is 2. The van der Waals surface area contributed by atoms with E-state index in [0.717, 1.165) is 12.3 Å². The van der Waals surface area contributed by atoms with Gasteiger partial charge in [-0.05, 0) is 12.5 Å². The van der Waals surface area contributed by atoms with Gasteiger partial charge in [0.15, 0.2) is 17.3 Å². The van der Waals surface area contributed by atoms with Gasteiger partial charge in [0, 0.05) is 31.5 Å². The zero-order chi connectivity index (χ0) is 20.6. The third-order valence-corrected chi connectivity index (χ3v) is 4.45. The molecule has 0 bridgehead atoms. The summed E-state index contributed by atoms with van der Waals surface area (Å²) < 4.78 is 52.8. The lowest BCUT2D eigenvalue weighted by molar-refractivity contribution is -0.125. The molecule has 2 aromatic heterocycles. The van der Waals surface area contributed by atoms with E-state index in [-0.39, 0.29) is 29.9 Å². The molecule has 1 aliphatic heterocycles. The number of carboxylic acids is 1. The van der Waals surface area contributed by atoms with Crippen LogP contribution < -0.4 is 15.6 Å². The standard InChI is InChI=1S/C17H16F4N4O3/c1-2-24-7-11(16(27)28)13(26)10-5-12(18)15(23-14(10)24)25-4-3-9(6-25)22-8-17(19,20)21/h2,5,7,9,22H,1,3-4,6,8H2,(H,27,28). The minimum Gasteiger partial charge on any atom is -0.477 e. The first kappa shape index (κ1) is 19.8. The molecule has 0 aliphatic carbocycles. The van der Waals surface area contributed by atoms with Gasteiger partial charge >= 0.3 is 12.1 Å². The fourth-order valence-corrected chi connectivity index (χ4v) is 3.13. The van der Waals surface area contributed by atoms with Crippen LogP contribution >= 0.6 is 0 Å². The Labute approximate surface area is 155 Å². The predicted molar refractivity (Wildman–Crippen MR) is 94.0 cm³/mol. The van der Waals surface area contributed by atoms with Crippen molar-refractivity contribution in [3.8, 4) is 0 Å². The molecule has 3 rings (SSSR count). The predicted octanol–water partition coefficient (Wildman–Crippen LogP) is 2.06. The topological polar surface area (TPSA) is 87.5 Å². The van der Waals surface area contributed by atoms with Crippen LogP contribution in [0.15, 0.2) is 23.6 Å². The molecule has 2 aromatic rings. The van der Waals surface area contributed by atoms with Gasteiger partial charge in [-0.15, -0.1) is 0 Å². The maximum Gasteiger partial charge on any atom is 0.401 e. The molecule has 0 radical (unpaired) electrons. The second-order valence-electron chi connectivity index (χ2n) is 6.36. The summed E-state index contributed by atoms with van der Waals surface area (Å²) in [6.45, 7) is 2.76. The number of aromatic carboxylic acids is 1. The second kappa shape index (κ2) is 7.23. The first-order valence-corrected chi connectivity index (χ1v) is 8.27. The molecule has 7 nitrogen and oxygen atoms in total. The largest absolute Gasteiger partial charge is 0.477 e. The van der Waals surface area contributed by atoms with Gasteiger partial charge in [0.05, 0.1) is 11.9 Å². The van der Waals surface area contributed by atoms with Crippen LogP contribution in [0.25, 0.3) is 17.2 Å². The Hall–Kier alpha value is -2.95. The van der Waals surface area contributed by atoms with E-state index in [2.05, 4.69) is 16.9 Å². The summed E-state index contributed by atoms with van der Waals surface area (Å²) >= 11 is 0. The molecule has 150 valence electrons. The molecule has 1 fully saturated rings. The van der Waals surface area contributed by atoms with E-state index >= 15 is 0 Å². The number of aromatic nitrogens is 2. The Morgan fingerprint density at radius 2 is 2.18 bits per heavy atom. The number of carboxylic acid groups (broad SMARTS) is 1. The Kier molecular flexibility index (Phi) is 5.11. The Morgan fingerprint density at radius 3 is 2.79 bits per heavy atom.